The fraction of sp³-hybridized carbons (Fsp3) is 0.628. The highest BCUT2D eigenvalue weighted by Crippen LogP contribution is 2.71. The van der Waals surface area contributed by atoms with Crippen LogP contribution in [0.3, 0.4) is 0 Å². The molecule has 3 heterocycles. The van der Waals surface area contributed by atoms with Crippen LogP contribution in [0.15, 0.2) is 36.4 Å². The molecule has 9 atom stereocenters. The summed E-state index contributed by atoms with van der Waals surface area (Å²) in [5, 5.41) is 27.9. The molecule has 7 nitrogen and oxygen atoms in total. The van der Waals surface area contributed by atoms with Crippen LogP contribution in [-0.2, 0) is 21.4 Å². The van der Waals surface area contributed by atoms with E-state index in [-0.39, 0.29) is 34.4 Å². The second-order valence-corrected chi connectivity index (χ2v) is 18.4. The third kappa shape index (κ3) is 4.09. The Balaban J connectivity index is 1.34. The number of carbonyl (C=O) groups excluding carboxylic acids is 2. The van der Waals surface area contributed by atoms with Gasteiger partial charge < -0.3 is 24.8 Å². The molecule has 0 radical (unpaired) electrons. The molecule has 2 unspecified atom stereocenters. The molecule has 50 heavy (non-hydrogen) atoms. The van der Waals surface area contributed by atoms with E-state index in [1.807, 2.05) is 19.9 Å². The van der Waals surface area contributed by atoms with E-state index in [4.69, 9.17) is 4.74 Å². The van der Waals surface area contributed by atoms with Crippen molar-refractivity contribution in [3.8, 4) is 0 Å². The molecular weight excluding hydrogens is 624 g/mol. The normalized spacial score (nSPS) is 38.8. The molecule has 4 aliphatic carbocycles. The van der Waals surface area contributed by atoms with Gasteiger partial charge in [-0.05, 0) is 125 Å². The molecule has 2 aliphatic heterocycles. The van der Waals surface area contributed by atoms with Crippen molar-refractivity contribution in [1.82, 2.24) is 9.88 Å². The number of ether oxygens (including phenoxy) is 1. The quantitative estimate of drug-likeness (QED) is 0.222. The number of hydrogen-bond acceptors (Lipinski definition) is 5. The lowest BCUT2D eigenvalue weighted by atomic mass is 9.40. The standard InChI is InChI=1S/C43H56N2O5/c1-11-18-44-30(47)15-16-41(8)28-13-12-23-19-26-25-20-24-27-21-39(4,5)50-40(6,7)33(27)36(48)31(24)32-35(25)45(34(22(2)3)37(32)49)38(26)43(23,10)42(28,9)17-14-29(41)46/h15-16,20-21,23,28-29,33-34,36,46,48H,2,11-14,17-19H2,1,3-10H3,(H,44,47)/b16-15+/t23?,28-,29-,33?,34-,36+,41-,42-,43+/m0/s1. The van der Waals surface area contributed by atoms with Crippen molar-refractivity contribution < 1.29 is 24.5 Å². The van der Waals surface area contributed by atoms with Crippen LogP contribution in [0, 0.1) is 28.6 Å². The zero-order chi connectivity index (χ0) is 36.1. The van der Waals surface area contributed by atoms with E-state index in [0.29, 0.717) is 24.4 Å². The Bertz CT molecular complexity index is 1940. The predicted octanol–water partition coefficient (Wildman–Crippen LogP) is 7.68. The lowest BCUT2D eigenvalue weighted by molar-refractivity contribution is -0.145. The van der Waals surface area contributed by atoms with Crippen molar-refractivity contribution in [2.24, 2.45) is 28.6 Å². The monoisotopic (exact) mass is 680 g/mol. The Hall–Kier alpha value is -3.00. The summed E-state index contributed by atoms with van der Waals surface area (Å²) < 4.78 is 8.88. The first-order chi connectivity index (χ1) is 23.3. The number of amides is 1. The summed E-state index contributed by atoms with van der Waals surface area (Å²) in [6, 6.07) is 1.77. The van der Waals surface area contributed by atoms with E-state index in [0.717, 1.165) is 65.3 Å². The lowest BCUT2D eigenvalue weighted by Gasteiger charge is -2.64. The maximum atomic E-state index is 14.9. The number of aliphatic hydroxyl groups is 2. The molecule has 0 spiro atoms. The van der Waals surface area contributed by atoms with Crippen molar-refractivity contribution in [3.05, 3.63) is 64.4 Å². The van der Waals surface area contributed by atoms with E-state index in [2.05, 4.69) is 77.1 Å². The number of Topliss-reactive ketones (excluding diaryl/α,β-unsaturated/α-hetero) is 1. The van der Waals surface area contributed by atoms with Crippen LogP contribution in [0.2, 0.25) is 0 Å². The molecular formula is C43H56N2O5. The Morgan fingerprint density at radius 1 is 1.12 bits per heavy atom. The molecule has 1 amide bonds. The van der Waals surface area contributed by atoms with Gasteiger partial charge in [-0.1, -0.05) is 45.9 Å². The predicted molar refractivity (Wildman–Crippen MR) is 197 cm³/mol. The van der Waals surface area contributed by atoms with Gasteiger partial charge in [0.25, 0.3) is 0 Å². The number of hydrogen-bond donors (Lipinski definition) is 3. The fourth-order valence-electron chi connectivity index (χ4n) is 12.7. The third-order valence-electron chi connectivity index (χ3n) is 14.8. The number of allylic oxidation sites excluding steroid dienone is 1. The minimum absolute atomic E-state index is 0.0305. The average Bonchev–Trinajstić information content (AvgIpc) is 3.69. The molecule has 2 aromatic rings. The van der Waals surface area contributed by atoms with Gasteiger partial charge >= 0.3 is 0 Å². The van der Waals surface area contributed by atoms with Gasteiger partial charge in [0.05, 0.1) is 34.5 Å². The number of benzene rings is 1. The molecule has 2 fully saturated rings. The summed E-state index contributed by atoms with van der Waals surface area (Å²) >= 11 is 0. The smallest absolute Gasteiger partial charge is 0.243 e. The number of aliphatic hydroxyl groups excluding tert-OH is 2. The van der Waals surface area contributed by atoms with Gasteiger partial charge in [-0.2, -0.15) is 0 Å². The maximum absolute atomic E-state index is 14.9. The van der Waals surface area contributed by atoms with Gasteiger partial charge in [0.1, 0.15) is 6.04 Å². The lowest BCUT2D eigenvalue weighted by Crippen LogP contribution is -2.62. The first kappa shape index (κ1) is 34.1. The summed E-state index contributed by atoms with van der Waals surface area (Å²) in [5.74, 6) is 0.171. The van der Waals surface area contributed by atoms with Gasteiger partial charge in [0, 0.05) is 39.9 Å². The Labute approximate surface area is 297 Å². The van der Waals surface area contributed by atoms with Crippen molar-refractivity contribution in [2.45, 2.75) is 136 Å². The fourth-order valence-corrected chi connectivity index (χ4v) is 12.7. The van der Waals surface area contributed by atoms with Crippen LogP contribution < -0.4 is 5.32 Å². The summed E-state index contributed by atoms with van der Waals surface area (Å²) in [6.07, 6.45) is 9.74. The average molecular weight is 681 g/mol. The van der Waals surface area contributed by atoms with Crippen LogP contribution in [0.5, 0.6) is 0 Å². The van der Waals surface area contributed by atoms with Crippen LogP contribution in [0.4, 0.5) is 0 Å². The first-order valence-electron chi connectivity index (χ1n) is 19.0. The van der Waals surface area contributed by atoms with E-state index in [1.54, 1.807) is 6.08 Å². The van der Waals surface area contributed by atoms with Gasteiger partial charge in [0.2, 0.25) is 5.91 Å². The van der Waals surface area contributed by atoms with Gasteiger partial charge in [0.15, 0.2) is 5.78 Å². The van der Waals surface area contributed by atoms with Crippen LogP contribution >= 0.6 is 0 Å². The molecule has 3 N–H and O–H groups in total. The number of nitrogens with zero attached hydrogens (tertiary/aromatic N) is 1. The molecule has 6 aliphatic rings. The molecule has 1 aromatic heterocycles. The zero-order valence-electron chi connectivity index (χ0n) is 31.5. The topological polar surface area (TPSA) is 101 Å². The minimum Gasteiger partial charge on any atom is -0.392 e. The van der Waals surface area contributed by atoms with Gasteiger partial charge in [-0.25, -0.2) is 0 Å². The third-order valence-corrected chi connectivity index (χ3v) is 14.8. The van der Waals surface area contributed by atoms with Crippen LogP contribution in [-0.4, -0.2) is 50.3 Å². The van der Waals surface area contributed by atoms with E-state index in [9.17, 15) is 19.8 Å². The van der Waals surface area contributed by atoms with Crippen LogP contribution in [0.1, 0.15) is 139 Å². The highest BCUT2D eigenvalue weighted by Gasteiger charge is 2.68. The Kier molecular flexibility index (Phi) is 7.19. The summed E-state index contributed by atoms with van der Waals surface area (Å²) in [4.78, 5) is 27.6. The number of rotatable bonds is 5. The SMILES string of the molecule is C=C(C)[C@H]1C(=O)c2c3c(cc4c5c(n1c24)[C@@]1(C)C(CC[C@H]2[C@](C)(/C=C/C(=O)NCCC)[C@@H](O)CC[C@@]21C)C5)C1=CC(C)(C)OC(C)(C)C1[C@@H]3O. The Morgan fingerprint density at radius 2 is 1.84 bits per heavy atom. The molecule has 1 aromatic carbocycles. The van der Waals surface area contributed by atoms with E-state index >= 15 is 0 Å². The first-order valence-corrected chi connectivity index (χ1v) is 19.0. The molecule has 8 rings (SSSR count). The summed E-state index contributed by atoms with van der Waals surface area (Å²) in [5.41, 5.74) is 5.66. The van der Waals surface area contributed by atoms with E-state index < -0.39 is 34.9 Å². The van der Waals surface area contributed by atoms with Crippen molar-refractivity contribution in [2.75, 3.05) is 6.54 Å². The number of fused-ring (bicyclic) bond motifs is 11. The summed E-state index contributed by atoms with van der Waals surface area (Å²) in [6.45, 7) is 24.3. The number of aromatic nitrogens is 1. The molecule has 7 heteroatoms. The molecule has 0 saturated heterocycles. The Morgan fingerprint density at radius 3 is 2.52 bits per heavy atom. The maximum Gasteiger partial charge on any atom is 0.243 e. The van der Waals surface area contributed by atoms with Crippen molar-refractivity contribution in [1.29, 1.82) is 0 Å². The van der Waals surface area contributed by atoms with Gasteiger partial charge in [-0.15, -0.1) is 0 Å². The molecule has 268 valence electrons. The van der Waals surface area contributed by atoms with Crippen LogP contribution in [0.25, 0.3) is 16.5 Å². The summed E-state index contributed by atoms with van der Waals surface area (Å²) in [7, 11) is 0. The molecule has 2 saturated carbocycles. The van der Waals surface area contributed by atoms with Crippen molar-refractivity contribution >= 4 is 28.2 Å². The second kappa shape index (κ2) is 10.5. The minimum atomic E-state index is -0.852. The highest BCUT2D eigenvalue weighted by atomic mass is 16.5. The van der Waals surface area contributed by atoms with Gasteiger partial charge in [-0.3, -0.25) is 9.59 Å². The van der Waals surface area contributed by atoms with Crippen molar-refractivity contribution in [3.63, 3.8) is 0 Å². The number of carbonyl (C=O) groups is 2. The highest BCUT2D eigenvalue weighted by molar-refractivity contribution is 6.18. The second-order valence-electron chi connectivity index (χ2n) is 18.4. The number of ketones is 1. The van der Waals surface area contributed by atoms with E-state index in [1.165, 1.54) is 11.3 Å². The zero-order valence-corrected chi connectivity index (χ0v) is 31.5. The number of nitrogens with one attached hydrogen (secondary N) is 1. The molecule has 0 bridgehead atoms. The largest absolute Gasteiger partial charge is 0.392 e.